The Morgan fingerprint density at radius 1 is 1.45 bits per heavy atom. The van der Waals surface area contributed by atoms with Crippen LogP contribution in [0.25, 0.3) is 10.2 Å². The van der Waals surface area contributed by atoms with E-state index in [4.69, 9.17) is 10.5 Å². The van der Waals surface area contributed by atoms with Crippen LogP contribution < -0.4 is 11.1 Å². The molecule has 0 atom stereocenters. The number of nitrogen functional groups attached to an aromatic ring is 1. The van der Waals surface area contributed by atoms with E-state index in [9.17, 15) is 4.79 Å². The van der Waals surface area contributed by atoms with Gasteiger partial charge in [-0.2, -0.15) is 0 Å². The summed E-state index contributed by atoms with van der Waals surface area (Å²) in [5.41, 5.74) is 7.27. The number of aromatic nitrogens is 1. The van der Waals surface area contributed by atoms with Crippen molar-refractivity contribution in [2.24, 2.45) is 0 Å². The maximum Gasteiger partial charge on any atom is 0.226 e. The molecule has 2 rings (SSSR count). The van der Waals surface area contributed by atoms with Crippen molar-refractivity contribution in [3.05, 3.63) is 18.2 Å². The molecule has 0 aliphatic carbocycles. The molecule has 20 heavy (non-hydrogen) atoms. The van der Waals surface area contributed by atoms with Gasteiger partial charge < -0.3 is 15.8 Å². The Morgan fingerprint density at radius 3 is 3.10 bits per heavy atom. The number of ether oxygens (including phenoxy) is 1. The molecule has 0 unspecified atom stereocenters. The molecule has 2 aromatic rings. The fourth-order valence-electron chi connectivity index (χ4n) is 1.76. The molecular formula is C14H19N3O2S. The van der Waals surface area contributed by atoms with Crippen molar-refractivity contribution in [3.63, 3.8) is 0 Å². The Hall–Kier alpha value is -1.66. The fraction of sp³-hybridized carbons (Fsp3) is 0.429. The predicted molar refractivity (Wildman–Crippen MR) is 83.0 cm³/mol. The molecule has 1 heterocycles. The normalized spacial score (nSPS) is 10.8. The van der Waals surface area contributed by atoms with Crippen molar-refractivity contribution >= 4 is 38.3 Å². The number of hydrogen-bond acceptors (Lipinski definition) is 5. The minimum atomic E-state index is -0.0304. The van der Waals surface area contributed by atoms with Gasteiger partial charge in [-0.1, -0.05) is 18.3 Å². The lowest BCUT2D eigenvalue weighted by molar-refractivity contribution is -0.116. The molecule has 0 saturated heterocycles. The summed E-state index contributed by atoms with van der Waals surface area (Å²) < 4.78 is 6.32. The number of anilines is 2. The van der Waals surface area contributed by atoms with E-state index in [2.05, 4.69) is 17.2 Å². The molecule has 0 saturated carbocycles. The van der Waals surface area contributed by atoms with Gasteiger partial charge in [0.05, 0.1) is 10.2 Å². The highest BCUT2D eigenvalue weighted by molar-refractivity contribution is 7.22. The number of nitrogens with zero attached hydrogens (tertiary/aromatic N) is 1. The molecule has 3 N–H and O–H groups in total. The number of carbonyl (C=O) groups is 1. The van der Waals surface area contributed by atoms with Crippen molar-refractivity contribution in [2.75, 3.05) is 24.3 Å². The molecule has 0 fully saturated rings. The van der Waals surface area contributed by atoms with Gasteiger partial charge in [0.2, 0.25) is 5.91 Å². The van der Waals surface area contributed by atoms with Gasteiger partial charge in [0.15, 0.2) is 5.13 Å². The summed E-state index contributed by atoms with van der Waals surface area (Å²) in [6.45, 7) is 3.44. The predicted octanol–water partition coefficient (Wildman–Crippen LogP) is 3.02. The first-order valence-electron chi connectivity index (χ1n) is 6.72. The highest BCUT2D eigenvalue weighted by atomic mass is 32.1. The van der Waals surface area contributed by atoms with Gasteiger partial charge in [-0.3, -0.25) is 4.79 Å². The summed E-state index contributed by atoms with van der Waals surface area (Å²) in [6.07, 6.45) is 2.17. The zero-order chi connectivity index (χ0) is 14.4. The number of hydrogen-bond donors (Lipinski definition) is 2. The van der Waals surface area contributed by atoms with Gasteiger partial charge in [0, 0.05) is 25.3 Å². The molecule has 0 aliphatic rings. The molecule has 0 radical (unpaired) electrons. The Balaban J connectivity index is 1.83. The first-order chi connectivity index (χ1) is 9.69. The molecule has 1 aromatic heterocycles. The average molecular weight is 293 g/mol. The van der Waals surface area contributed by atoms with Crippen LogP contribution in [0.4, 0.5) is 10.8 Å². The zero-order valence-electron chi connectivity index (χ0n) is 11.5. The highest BCUT2D eigenvalue weighted by Gasteiger charge is 2.07. The number of amides is 1. The highest BCUT2D eigenvalue weighted by Crippen LogP contribution is 2.27. The average Bonchev–Trinajstić information content (AvgIpc) is 2.79. The minimum absolute atomic E-state index is 0.0304. The molecule has 0 aliphatic heterocycles. The molecule has 1 aromatic carbocycles. The largest absolute Gasteiger partial charge is 0.399 e. The van der Waals surface area contributed by atoms with Gasteiger partial charge in [-0.15, -0.1) is 0 Å². The maximum atomic E-state index is 11.8. The van der Waals surface area contributed by atoms with Gasteiger partial charge in [0.25, 0.3) is 0 Å². The summed E-state index contributed by atoms with van der Waals surface area (Å²) >= 11 is 1.43. The van der Waals surface area contributed by atoms with Crippen molar-refractivity contribution in [3.8, 4) is 0 Å². The topological polar surface area (TPSA) is 77.2 Å². The summed E-state index contributed by atoms with van der Waals surface area (Å²) in [6, 6.07) is 5.52. The Morgan fingerprint density at radius 2 is 2.30 bits per heavy atom. The third-order valence-electron chi connectivity index (χ3n) is 2.70. The lowest BCUT2D eigenvalue weighted by Crippen LogP contribution is -2.12. The number of benzene rings is 1. The minimum Gasteiger partial charge on any atom is -0.399 e. The summed E-state index contributed by atoms with van der Waals surface area (Å²) in [7, 11) is 0. The van der Waals surface area contributed by atoms with Crippen LogP contribution in [0.3, 0.4) is 0 Å². The van der Waals surface area contributed by atoms with Crippen molar-refractivity contribution < 1.29 is 9.53 Å². The number of nitrogens with one attached hydrogen (secondary N) is 1. The number of thiazole rings is 1. The summed E-state index contributed by atoms with van der Waals surface area (Å²) in [5, 5.41) is 3.43. The third kappa shape index (κ3) is 4.18. The first kappa shape index (κ1) is 14.7. The second-order valence-electron chi connectivity index (χ2n) is 4.51. The molecule has 108 valence electrons. The van der Waals surface area contributed by atoms with Crippen LogP contribution in [0, 0.1) is 0 Å². The quantitative estimate of drug-likeness (QED) is 0.607. The van der Waals surface area contributed by atoms with Crippen LogP contribution in [0.1, 0.15) is 26.2 Å². The van der Waals surface area contributed by atoms with E-state index >= 15 is 0 Å². The van der Waals surface area contributed by atoms with Crippen LogP contribution >= 0.6 is 11.3 Å². The maximum absolute atomic E-state index is 11.8. The van der Waals surface area contributed by atoms with Crippen LogP contribution in [-0.2, 0) is 9.53 Å². The molecule has 0 spiro atoms. The van der Waals surface area contributed by atoms with E-state index in [-0.39, 0.29) is 5.91 Å². The second kappa shape index (κ2) is 7.21. The number of nitrogens with two attached hydrogens (primary N) is 1. The zero-order valence-corrected chi connectivity index (χ0v) is 12.3. The number of carbonyl (C=O) groups excluding carboxylic acids is 1. The SMILES string of the molecule is CCCOCCCC(=O)Nc1nc2ccc(N)cc2s1. The Bertz CT molecular complexity index is 583. The molecule has 0 bridgehead atoms. The van der Waals surface area contributed by atoms with E-state index in [0.29, 0.717) is 23.8 Å². The summed E-state index contributed by atoms with van der Waals surface area (Å²) in [4.78, 5) is 16.1. The fourth-order valence-corrected chi connectivity index (χ4v) is 2.69. The monoisotopic (exact) mass is 293 g/mol. The van der Waals surface area contributed by atoms with Crippen molar-refractivity contribution in [1.29, 1.82) is 0 Å². The van der Waals surface area contributed by atoms with Crippen LogP contribution in [0.5, 0.6) is 0 Å². The Labute approximate surface area is 122 Å². The number of fused-ring (bicyclic) bond motifs is 1. The van der Waals surface area contributed by atoms with Crippen molar-refractivity contribution in [1.82, 2.24) is 4.98 Å². The van der Waals surface area contributed by atoms with Crippen LogP contribution in [0.2, 0.25) is 0 Å². The lowest BCUT2D eigenvalue weighted by atomic mass is 10.3. The summed E-state index contributed by atoms with van der Waals surface area (Å²) in [5.74, 6) is -0.0304. The molecule has 6 heteroatoms. The van der Waals surface area contributed by atoms with Gasteiger partial charge in [-0.05, 0) is 31.0 Å². The molecule has 5 nitrogen and oxygen atoms in total. The van der Waals surface area contributed by atoms with E-state index in [1.807, 2.05) is 12.1 Å². The molecular weight excluding hydrogens is 274 g/mol. The van der Waals surface area contributed by atoms with Crippen LogP contribution in [0.15, 0.2) is 18.2 Å². The van der Waals surface area contributed by atoms with Gasteiger partial charge in [0.1, 0.15) is 0 Å². The van der Waals surface area contributed by atoms with E-state index < -0.39 is 0 Å². The van der Waals surface area contributed by atoms with E-state index in [1.54, 1.807) is 6.07 Å². The van der Waals surface area contributed by atoms with E-state index in [0.717, 1.165) is 29.7 Å². The van der Waals surface area contributed by atoms with Gasteiger partial charge in [-0.25, -0.2) is 4.98 Å². The standard InChI is InChI=1S/C14H19N3O2S/c1-2-7-19-8-3-4-13(18)17-14-16-11-6-5-10(15)9-12(11)20-14/h5-6,9H,2-4,7-8,15H2,1H3,(H,16,17,18). The lowest BCUT2D eigenvalue weighted by Gasteiger charge is -2.02. The number of rotatable bonds is 7. The van der Waals surface area contributed by atoms with Crippen LogP contribution in [-0.4, -0.2) is 24.1 Å². The van der Waals surface area contributed by atoms with Crippen molar-refractivity contribution in [2.45, 2.75) is 26.2 Å². The van der Waals surface area contributed by atoms with E-state index in [1.165, 1.54) is 11.3 Å². The first-order valence-corrected chi connectivity index (χ1v) is 7.54. The third-order valence-corrected chi connectivity index (χ3v) is 3.63. The second-order valence-corrected chi connectivity index (χ2v) is 5.54. The molecule has 1 amide bonds. The van der Waals surface area contributed by atoms with Gasteiger partial charge >= 0.3 is 0 Å². The Kier molecular flexibility index (Phi) is 5.31. The smallest absolute Gasteiger partial charge is 0.226 e.